The van der Waals surface area contributed by atoms with Crippen LogP contribution in [0.3, 0.4) is 0 Å². The predicted octanol–water partition coefficient (Wildman–Crippen LogP) is 9.63. The Morgan fingerprint density at radius 3 is 2.03 bits per heavy atom. The number of rotatable bonds is 11. The molecule has 16 nitrogen and oxygen atoms in total. The number of ether oxygens (including phenoxy) is 3. The summed E-state index contributed by atoms with van der Waals surface area (Å²) >= 11 is 12.0. The van der Waals surface area contributed by atoms with Crippen LogP contribution in [0.4, 0.5) is 14.4 Å². The van der Waals surface area contributed by atoms with Gasteiger partial charge in [0.2, 0.25) is 17.7 Å². The summed E-state index contributed by atoms with van der Waals surface area (Å²) in [5.74, 6) is -1.48. The maximum absolute atomic E-state index is 15.1. The smallest absolute Gasteiger partial charge is 0.419 e. The second-order valence-electron chi connectivity index (χ2n) is 20.5. The number of carbonyl (C=O) groups excluding carboxylic acids is 6. The number of alkyl carbamates (subject to hydrolysis) is 2. The predicted molar refractivity (Wildman–Crippen MR) is 280 cm³/mol. The molecule has 0 saturated carbocycles. The van der Waals surface area contributed by atoms with E-state index in [1.165, 1.54) is 28.3 Å². The molecule has 386 valence electrons. The van der Waals surface area contributed by atoms with Crippen molar-refractivity contribution in [2.45, 2.75) is 159 Å². The Labute approximate surface area is 434 Å². The third-order valence-corrected chi connectivity index (χ3v) is 13.2. The number of unbranched alkanes of at least 4 members (excludes halogenated alkanes) is 1. The third-order valence-electron chi connectivity index (χ3n) is 11.0. The Bertz CT molecular complexity index is 2550. The SMILES string of the molecule is CN1C(=O)[C@H](CCCCNC(=O)OC(C)(C)C)NC(=O)[C@H](CCCNC(=O)OC(C)(C)C)NCc2ccccc2Sc2c(Cl)cc(Br)cc2CNC(=O)[C@@H]1Cc1cn(C(=O)OC(C)(C)C)c2ccccc12. The monoisotopic (exact) mass is 1080 g/mol. The molecule has 71 heavy (non-hydrogen) atoms. The Kier molecular flexibility index (Phi) is 19.8. The number of likely N-dealkylation sites (N-methyl/N-ethyl adjacent to an activating group) is 1. The molecule has 5 N–H and O–H groups in total. The topological polar surface area (TPSA) is 198 Å². The number of nitrogens with zero attached hydrogens (tertiary/aromatic N) is 2. The van der Waals surface area contributed by atoms with Crippen molar-refractivity contribution in [1.29, 1.82) is 0 Å². The second kappa shape index (κ2) is 24.9. The van der Waals surface area contributed by atoms with Gasteiger partial charge in [0.15, 0.2) is 0 Å². The molecule has 4 aromatic rings. The largest absolute Gasteiger partial charge is 0.444 e. The van der Waals surface area contributed by atoms with E-state index < -0.39 is 70.9 Å². The third kappa shape index (κ3) is 17.5. The molecule has 1 aromatic heterocycles. The lowest BCUT2D eigenvalue weighted by molar-refractivity contribution is -0.142. The first-order chi connectivity index (χ1) is 33.3. The summed E-state index contributed by atoms with van der Waals surface area (Å²) in [6.07, 6.45) is 1.51. The van der Waals surface area contributed by atoms with Crippen LogP contribution in [-0.2, 0) is 48.1 Å². The molecule has 0 saturated heterocycles. The van der Waals surface area contributed by atoms with E-state index in [1.54, 1.807) is 86.7 Å². The molecule has 5 amide bonds. The number of carbonyl (C=O) groups is 6. The van der Waals surface area contributed by atoms with Crippen molar-refractivity contribution < 1.29 is 43.0 Å². The highest BCUT2D eigenvalue weighted by Gasteiger charge is 2.35. The molecule has 3 atom stereocenters. The molecular weight excluding hydrogens is 1010 g/mol. The van der Waals surface area contributed by atoms with Gasteiger partial charge >= 0.3 is 18.3 Å². The van der Waals surface area contributed by atoms with Crippen LogP contribution in [-0.4, -0.2) is 101 Å². The average Bonchev–Trinajstić information content (AvgIpc) is 3.63. The summed E-state index contributed by atoms with van der Waals surface area (Å²) in [4.78, 5) is 86.1. The zero-order chi connectivity index (χ0) is 52.3. The number of hydrogen-bond acceptors (Lipinski definition) is 11. The molecule has 0 bridgehead atoms. The highest BCUT2D eigenvalue weighted by molar-refractivity contribution is 9.10. The highest BCUT2D eigenvalue weighted by atomic mass is 79.9. The molecule has 0 aliphatic carbocycles. The van der Waals surface area contributed by atoms with Gasteiger partial charge in [-0.3, -0.25) is 19.0 Å². The summed E-state index contributed by atoms with van der Waals surface area (Å²) in [6.45, 7) is 16.7. The Morgan fingerprint density at radius 2 is 1.37 bits per heavy atom. The summed E-state index contributed by atoms with van der Waals surface area (Å²) < 4.78 is 18.7. The summed E-state index contributed by atoms with van der Waals surface area (Å²) in [5, 5.41) is 16.2. The van der Waals surface area contributed by atoms with Crippen molar-refractivity contribution in [3.63, 3.8) is 0 Å². The quantitative estimate of drug-likeness (QED) is 0.0708. The first-order valence-electron chi connectivity index (χ1n) is 23.9. The van der Waals surface area contributed by atoms with E-state index in [9.17, 15) is 24.0 Å². The van der Waals surface area contributed by atoms with Gasteiger partial charge in [0.05, 0.1) is 16.6 Å². The zero-order valence-electron chi connectivity index (χ0n) is 42.4. The molecule has 0 fully saturated rings. The number of amides is 5. The van der Waals surface area contributed by atoms with E-state index in [4.69, 9.17) is 25.8 Å². The second-order valence-corrected chi connectivity index (χ2v) is 22.9. The summed E-state index contributed by atoms with van der Waals surface area (Å²) in [6, 6.07) is 15.5. The van der Waals surface area contributed by atoms with Gasteiger partial charge in [0.25, 0.3) is 0 Å². The van der Waals surface area contributed by atoms with Crippen molar-refractivity contribution in [2.75, 3.05) is 20.1 Å². The number of hydrogen-bond donors (Lipinski definition) is 5. The lowest BCUT2D eigenvalue weighted by atomic mass is 10.0. The van der Waals surface area contributed by atoms with Crippen LogP contribution < -0.4 is 26.6 Å². The Balaban J connectivity index is 1.56. The minimum atomic E-state index is -1.16. The molecule has 3 aromatic carbocycles. The minimum absolute atomic E-state index is 0.0199. The van der Waals surface area contributed by atoms with Crippen LogP contribution in [0, 0.1) is 0 Å². The van der Waals surface area contributed by atoms with Crippen LogP contribution in [0.15, 0.2) is 81.1 Å². The Morgan fingerprint density at radius 1 is 0.761 bits per heavy atom. The van der Waals surface area contributed by atoms with Crippen molar-refractivity contribution in [3.05, 3.63) is 93.0 Å². The fourth-order valence-corrected chi connectivity index (χ4v) is 9.83. The number of halogens is 2. The molecule has 0 radical (unpaired) electrons. The first kappa shape index (κ1) is 56.6. The fourth-order valence-electron chi connectivity index (χ4n) is 7.78. The van der Waals surface area contributed by atoms with Crippen molar-refractivity contribution in [3.8, 4) is 0 Å². The standard InChI is InChI=1S/C52H69BrClN7O9S/c1-50(2,3)68-47(65)55-24-16-15-20-39-46(64)60(10)41(27-34-31-61(49(67)70-52(7,8)9)40-22-13-12-19-36(34)40)45(63)58-30-33-26-35(53)28-37(54)43(33)71-42-23-14-11-18-32(42)29-57-38(44(62)59-39)21-17-25-56-48(66)69-51(4,5)6/h11-14,18-19,22-23,26,28,31,38-39,41,57H,15-17,20-21,24-25,27,29-30H2,1-10H3,(H,55,65)(H,56,66)(H,58,63)(H,59,62)/t38-,39-,41-/m0/s1. The molecule has 0 unspecified atom stereocenters. The number of aromatic nitrogens is 1. The summed E-state index contributed by atoms with van der Waals surface area (Å²) in [7, 11) is 1.53. The van der Waals surface area contributed by atoms with Crippen LogP contribution >= 0.6 is 39.3 Å². The zero-order valence-corrected chi connectivity index (χ0v) is 45.5. The van der Waals surface area contributed by atoms with Crippen LogP contribution in [0.2, 0.25) is 5.02 Å². The normalized spacial score (nSPS) is 17.5. The number of fused-ring (bicyclic) bond motifs is 3. The molecule has 0 spiro atoms. The molecule has 19 heteroatoms. The van der Waals surface area contributed by atoms with E-state index in [-0.39, 0.29) is 45.4 Å². The lowest BCUT2D eigenvalue weighted by Crippen LogP contribution is -2.57. The van der Waals surface area contributed by atoms with Crippen LogP contribution in [0.1, 0.15) is 111 Å². The van der Waals surface area contributed by atoms with Gasteiger partial charge in [-0.2, -0.15) is 0 Å². The van der Waals surface area contributed by atoms with E-state index in [0.29, 0.717) is 55.7 Å². The van der Waals surface area contributed by atoms with Crippen molar-refractivity contribution >= 4 is 86.2 Å². The molecule has 1 aliphatic heterocycles. The van der Waals surface area contributed by atoms with E-state index >= 15 is 4.79 Å². The maximum Gasteiger partial charge on any atom is 0.419 e. The van der Waals surface area contributed by atoms with Gasteiger partial charge in [0.1, 0.15) is 28.9 Å². The van der Waals surface area contributed by atoms with Gasteiger partial charge in [-0.05, 0) is 135 Å². The van der Waals surface area contributed by atoms with Gasteiger partial charge in [-0.25, -0.2) is 14.4 Å². The van der Waals surface area contributed by atoms with Gasteiger partial charge in [-0.1, -0.05) is 75.7 Å². The first-order valence-corrected chi connectivity index (χ1v) is 25.8. The maximum atomic E-state index is 15.1. The number of benzene rings is 3. The van der Waals surface area contributed by atoms with Crippen LogP contribution in [0.25, 0.3) is 10.9 Å². The van der Waals surface area contributed by atoms with E-state index in [1.807, 2.05) is 42.5 Å². The van der Waals surface area contributed by atoms with Gasteiger partial charge in [-0.15, -0.1) is 0 Å². The molecule has 2 heterocycles. The molecule has 5 rings (SSSR count). The lowest BCUT2D eigenvalue weighted by Gasteiger charge is -2.32. The van der Waals surface area contributed by atoms with Crippen LogP contribution in [0.5, 0.6) is 0 Å². The van der Waals surface area contributed by atoms with Gasteiger partial charge in [0, 0.05) is 65.5 Å². The number of nitrogens with one attached hydrogen (secondary N) is 5. The van der Waals surface area contributed by atoms with Crippen molar-refractivity contribution in [1.82, 2.24) is 36.1 Å². The van der Waals surface area contributed by atoms with E-state index in [0.717, 1.165) is 10.5 Å². The van der Waals surface area contributed by atoms with E-state index in [2.05, 4.69) is 42.5 Å². The highest BCUT2D eigenvalue weighted by Crippen LogP contribution is 2.40. The minimum Gasteiger partial charge on any atom is -0.444 e. The Hall–Kier alpha value is -5.30. The molecule has 1 aliphatic rings. The number of para-hydroxylation sites is 1. The molecular formula is C52H69BrClN7O9S. The fraction of sp³-hybridized carbons (Fsp3) is 0.500. The summed E-state index contributed by atoms with van der Waals surface area (Å²) in [5.41, 5.74) is 0.582. The van der Waals surface area contributed by atoms with Gasteiger partial charge < -0.3 is 45.7 Å². The van der Waals surface area contributed by atoms with Crippen molar-refractivity contribution in [2.24, 2.45) is 0 Å². The average molecular weight is 1080 g/mol.